The van der Waals surface area contributed by atoms with Gasteiger partial charge in [-0.05, 0) is 42.5 Å². The highest BCUT2D eigenvalue weighted by Gasteiger charge is 2.41. The summed E-state index contributed by atoms with van der Waals surface area (Å²) in [6.45, 7) is 4.32. The molecule has 0 saturated heterocycles. The zero-order valence-electron chi connectivity index (χ0n) is 21.7. The third-order valence-electron chi connectivity index (χ3n) is 6.21. The van der Waals surface area contributed by atoms with Gasteiger partial charge in [0.25, 0.3) is 0 Å². The molecule has 2 aromatic carbocycles. The van der Waals surface area contributed by atoms with Gasteiger partial charge in [0.1, 0.15) is 11.5 Å². The van der Waals surface area contributed by atoms with Crippen molar-refractivity contribution in [3.63, 3.8) is 0 Å². The molecular formula is C28H31N3O5S. The van der Waals surface area contributed by atoms with Gasteiger partial charge in [0.2, 0.25) is 5.91 Å². The summed E-state index contributed by atoms with van der Waals surface area (Å²) in [4.78, 5) is 34.8. The molecule has 4 rings (SSSR count). The molecule has 0 radical (unpaired) electrons. The topological polar surface area (TPSA) is 80.7 Å². The Bertz CT molecular complexity index is 1250. The first-order valence-corrected chi connectivity index (χ1v) is 12.9. The van der Waals surface area contributed by atoms with Crippen LogP contribution in [0.4, 0.5) is 0 Å². The van der Waals surface area contributed by atoms with Crippen molar-refractivity contribution in [2.75, 3.05) is 27.9 Å². The molecule has 0 fully saturated rings. The lowest BCUT2D eigenvalue weighted by Gasteiger charge is -2.36. The Morgan fingerprint density at radius 2 is 1.76 bits per heavy atom. The van der Waals surface area contributed by atoms with E-state index in [2.05, 4.69) is 0 Å². The fourth-order valence-electron chi connectivity index (χ4n) is 4.38. The molecule has 0 bridgehead atoms. The number of thioether (sulfide) groups is 1. The van der Waals surface area contributed by atoms with Crippen LogP contribution in [0, 0.1) is 0 Å². The maximum Gasteiger partial charge on any atom is 0.338 e. The minimum Gasteiger partial charge on any atom is -0.497 e. The third-order valence-corrected chi connectivity index (χ3v) is 7.09. The molecule has 0 N–H and O–H groups in total. The van der Waals surface area contributed by atoms with Gasteiger partial charge >= 0.3 is 5.97 Å². The van der Waals surface area contributed by atoms with Gasteiger partial charge in [-0.15, -0.1) is 0 Å². The number of hydrogen-bond acceptors (Lipinski definition) is 8. The molecule has 8 nitrogen and oxygen atoms in total. The number of allylic oxidation sites excluding steroid dienone is 1. The van der Waals surface area contributed by atoms with Gasteiger partial charge in [-0.2, -0.15) is 0 Å². The third kappa shape index (κ3) is 5.67. The first-order chi connectivity index (χ1) is 17.9. The molecule has 0 aromatic heterocycles. The number of amidine groups is 1. The molecule has 1 amide bonds. The van der Waals surface area contributed by atoms with E-state index in [1.54, 1.807) is 46.1 Å². The minimum atomic E-state index is -0.566. The predicted molar refractivity (Wildman–Crippen MR) is 144 cm³/mol. The Balaban J connectivity index is 1.70. The molecule has 0 aliphatic carbocycles. The van der Waals surface area contributed by atoms with E-state index < -0.39 is 12.0 Å². The van der Waals surface area contributed by atoms with E-state index in [4.69, 9.17) is 19.2 Å². The fourth-order valence-corrected chi connectivity index (χ4v) is 5.34. The molecule has 2 heterocycles. The van der Waals surface area contributed by atoms with Crippen LogP contribution in [-0.4, -0.2) is 54.7 Å². The Kier molecular flexibility index (Phi) is 8.23. The zero-order valence-corrected chi connectivity index (χ0v) is 22.5. The van der Waals surface area contributed by atoms with Crippen molar-refractivity contribution in [2.24, 2.45) is 4.99 Å². The number of ether oxygens (including phenoxy) is 3. The Morgan fingerprint density at radius 3 is 2.38 bits per heavy atom. The number of hydrogen-bond donors (Lipinski definition) is 0. The van der Waals surface area contributed by atoms with Crippen LogP contribution in [-0.2, 0) is 20.9 Å². The number of aliphatic imine (C=N–C) groups is 1. The average molecular weight is 522 g/mol. The van der Waals surface area contributed by atoms with E-state index >= 15 is 0 Å². The number of esters is 1. The first kappa shape index (κ1) is 26.3. The van der Waals surface area contributed by atoms with Gasteiger partial charge in [0.05, 0.1) is 44.6 Å². The summed E-state index contributed by atoms with van der Waals surface area (Å²) in [5.74, 6) is 0.701. The number of carbonyl (C=O) groups is 2. The minimum absolute atomic E-state index is 0.0390. The highest BCUT2D eigenvalue weighted by atomic mass is 32.2. The van der Waals surface area contributed by atoms with Crippen LogP contribution in [0.15, 0.2) is 75.9 Å². The van der Waals surface area contributed by atoms with Gasteiger partial charge < -0.3 is 24.0 Å². The van der Waals surface area contributed by atoms with Crippen molar-refractivity contribution in [1.82, 2.24) is 9.80 Å². The molecule has 0 saturated carbocycles. The number of nitrogens with zero attached hydrogens (tertiary/aromatic N) is 3. The van der Waals surface area contributed by atoms with Crippen LogP contribution >= 0.6 is 11.8 Å². The number of fused-ring (bicyclic) bond motifs is 1. The molecule has 9 heteroatoms. The summed E-state index contributed by atoms with van der Waals surface area (Å²) in [5, 5.41) is 2.63. The molecular weight excluding hydrogens is 490 g/mol. The molecule has 2 aliphatic heterocycles. The smallest absolute Gasteiger partial charge is 0.338 e. The van der Waals surface area contributed by atoms with Gasteiger partial charge in [-0.3, -0.25) is 4.79 Å². The quantitative estimate of drug-likeness (QED) is 0.435. The zero-order chi connectivity index (χ0) is 26.5. The molecule has 0 spiro atoms. The van der Waals surface area contributed by atoms with E-state index in [1.807, 2.05) is 52.8 Å². The molecule has 2 aromatic rings. The summed E-state index contributed by atoms with van der Waals surface area (Å²) in [7, 11) is 4.96. The summed E-state index contributed by atoms with van der Waals surface area (Å²) < 4.78 is 16.4. The van der Waals surface area contributed by atoms with Crippen LogP contribution in [0.25, 0.3) is 0 Å². The summed E-state index contributed by atoms with van der Waals surface area (Å²) in [6.07, 6.45) is 0.155. The van der Waals surface area contributed by atoms with Gasteiger partial charge in [-0.1, -0.05) is 42.1 Å². The number of carbonyl (C=O) groups excluding carboxylic acids is 2. The SMILES string of the molecule is CCOC(=O)C1=C(C)N=C2SC=C(CC(=O)N(C)Cc3ccccc3)N2C1c1cc(OC)cc(OC)c1. The molecule has 194 valence electrons. The van der Waals surface area contributed by atoms with Crippen LogP contribution < -0.4 is 9.47 Å². The highest BCUT2D eigenvalue weighted by molar-refractivity contribution is 8.16. The Hall–Kier alpha value is -3.72. The summed E-state index contributed by atoms with van der Waals surface area (Å²) in [5.41, 5.74) is 3.57. The molecule has 1 unspecified atom stereocenters. The second-order valence-corrected chi connectivity index (χ2v) is 9.51. The number of rotatable bonds is 9. The van der Waals surface area contributed by atoms with Crippen molar-refractivity contribution >= 4 is 28.8 Å². The molecule has 37 heavy (non-hydrogen) atoms. The van der Waals surface area contributed by atoms with Crippen molar-refractivity contribution in [1.29, 1.82) is 0 Å². The number of benzene rings is 2. The van der Waals surface area contributed by atoms with Crippen molar-refractivity contribution in [3.8, 4) is 11.5 Å². The normalized spacial score (nSPS) is 16.6. The monoisotopic (exact) mass is 521 g/mol. The van der Waals surface area contributed by atoms with Crippen LogP contribution in [0.5, 0.6) is 11.5 Å². The maximum absolute atomic E-state index is 13.3. The standard InChI is InChI=1S/C28H31N3O5S/c1-6-36-27(33)25-18(2)29-28-31(26(25)20-12-22(34-4)15-23(13-20)35-5)21(17-37-28)14-24(32)30(3)16-19-10-8-7-9-11-19/h7-13,15,17,26H,6,14,16H2,1-5H3. The van der Waals surface area contributed by atoms with Gasteiger partial charge in [-0.25, -0.2) is 9.79 Å². The lowest BCUT2D eigenvalue weighted by molar-refractivity contribution is -0.139. The first-order valence-electron chi connectivity index (χ1n) is 12.0. The molecule has 1 atom stereocenters. The molecule has 2 aliphatic rings. The van der Waals surface area contributed by atoms with Crippen molar-refractivity contribution < 1.29 is 23.8 Å². The maximum atomic E-state index is 13.3. The largest absolute Gasteiger partial charge is 0.497 e. The fraction of sp³-hybridized carbons (Fsp3) is 0.321. The Morgan fingerprint density at radius 1 is 1.08 bits per heavy atom. The van der Waals surface area contributed by atoms with E-state index in [9.17, 15) is 9.59 Å². The highest BCUT2D eigenvalue weighted by Crippen LogP contribution is 2.46. The number of methoxy groups -OCH3 is 2. The van der Waals surface area contributed by atoms with Gasteiger partial charge in [0.15, 0.2) is 5.17 Å². The van der Waals surface area contributed by atoms with E-state index in [1.165, 1.54) is 11.8 Å². The van der Waals surface area contributed by atoms with E-state index in [0.717, 1.165) is 16.8 Å². The van der Waals surface area contributed by atoms with Crippen molar-refractivity contribution in [2.45, 2.75) is 32.9 Å². The second kappa shape index (κ2) is 11.6. The van der Waals surface area contributed by atoms with Crippen LogP contribution in [0.1, 0.15) is 37.4 Å². The van der Waals surface area contributed by atoms with Gasteiger partial charge in [0, 0.05) is 25.4 Å². The van der Waals surface area contributed by atoms with Crippen molar-refractivity contribution in [3.05, 3.63) is 82.0 Å². The lowest BCUT2D eigenvalue weighted by atomic mass is 9.93. The van der Waals surface area contributed by atoms with Crippen LogP contribution in [0.3, 0.4) is 0 Å². The Labute approximate surface area is 221 Å². The summed E-state index contributed by atoms with van der Waals surface area (Å²) in [6, 6.07) is 14.8. The number of amides is 1. The predicted octanol–water partition coefficient (Wildman–Crippen LogP) is 4.89. The summed E-state index contributed by atoms with van der Waals surface area (Å²) >= 11 is 1.44. The lowest BCUT2D eigenvalue weighted by Crippen LogP contribution is -2.38. The van der Waals surface area contributed by atoms with E-state index in [-0.39, 0.29) is 18.9 Å². The van der Waals surface area contributed by atoms with Crippen LogP contribution in [0.2, 0.25) is 0 Å². The average Bonchev–Trinajstić information content (AvgIpc) is 3.29. The second-order valence-electron chi connectivity index (χ2n) is 8.67. The van der Waals surface area contributed by atoms with E-state index in [0.29, 0.717) is 34.5 Å².